The van der Waals surface area contributed by atoms with E-state index >= 15 is 0 Å². The molecule has 12 heavy (non-hydrogen) atoms. The number of nitrogens with zero attached hydrogens (tertiary/aromatic N) is 1. The van der Waals surface area contributed by atoms with Gasteiger partial charge >= 0.3 is 0 Å². The van der Waals surface area contributed by atoms with Gasteiger partial charge in [-0.1, -0.05) is 13.8 Å². The van der Waals surface area contributed by atoms with Crippen molar-refractivity contribution in [3.05, 3.63) is 29.6 Å². The second kappa shape index (κ2) is 2.16. The highest BCUT2D eigenvalue weighted by molar-refractivity contribution is 6.03. The van der Waals surface area contributed by atoms with Gasteiger partial charge < -0.3 is 0 Å². The standard InChI is InChI=1S/C10H11NO/c1-10(2)6-8-7(9(10)12)4-3-5-11-8/h3-5H,6H2,1-2H3. The lowest BCUT2D eigenvalue weighted by molar-refractivity contribution is 0.0863. The minimum absolute atomic E-state index is 0.227. The number of aromatic nitrogens is 1. The number of carbonyl (C=O) groups is 1. The summed E-state index contributed by atoms with van der Waals surface area (Å²) in [5.74, 6) is 0.227. The van der Waals surface area contributed by atoms with E-state index in [1.807, 2.05) is 26.0 Å². The van der Waals surface area contributed by atoms with E-state index in [4.69, 9.17) is 0 Å². The average Bonchev–Trinajstić information content (AvgIpc) is 2.24. The zero-order valence-electron chi connectivity index (χ0n) is 7.29. The molecule has 62 valence electrons. The molecule has 1 aromatic heterocycles. The van der Waals surface area contributed by atoms with E-state index in [0.29, 0.717) is 0 Å². The van der Waals surface area contributed by atoms with Crippen molar-refractivity contribution in [1.29, 1.82) is 0 Å². The lowest BCUT2D eigenvalue weighted by Crippen LogP contribution is -2.18. The van der Waals surface area contributed by atoms with Crippen LogP contribution in [0.4, 0.5) is 0 Å². The Morgan fingerprint density at radius 2 is 2.25 bits per heavy atom. The summed E-state index contributed by atoms with van der Waals surface area (Å²) in [5.41, 5.74) is 1.52. The molecule has 0 saturated carbocycles. The lowest BCUT2D eigenvalue weighted by atomic mass is 9.89. The molecule has 1 aromatic rings. The molecule has 2 nitrogen and oxygen atoms in total. The van der Waals surface area contributed by atoms with E-state index < -0.39 is 0 Å². The quantitative estimate of drug-likeness (QED) is 0.581. The van der Waals surface area contributed by atoms with Crippen molar-refractivity contribution in [2.45, 2.75) is 20.3 Å². The third-order valence-corrected chi connectivity index (χ3v) is 2.36. The first-order valence-corrected chi connectivity index (χ1v) is 4.10. The van der Waals surface area contributed by atoms with Gasteiger partial charge in [-0.3, -0.25) is 9.78 Å². The van der Waals surface area contributed by atoms with Crippen LogP contribution in [-0.2, 0) is 6.42 Å². The fraction of sp³-hybridized carbons (Fsp3) is 0.400. The Bertz CT molecular complexity index is 341. The molecule has 1 heterocycles. The van der Waals surface area contributed by atoms with E-state index in [-0.39, 0.29) is 11.2 Å². The van der Waals surface area contributed by atoms with Crippen molar-refractivity contribution in [2.75, 3.05) is 0 Å². The molecule has 0 aromatic carbocycles. The van der Waals surface area contributed by atoms with Crippen LogP contribution in [0.1, 0.15) is 29.9 Å². The molecule has 2 rings (SSSR count). The highest BCUT2D eigenvalue weighted by atomic mass is 16.1. The van der Waals surface area contributed by atoms with Gasteiger partial charge in [-0.05, 0) is 12.1 Å². The molecule has 2 heteroatoms. The van der Waals surface area contributed by atoms with Gasteiger partial charge in [-0.15, -0.1) is 0 Å². The van der Waals surface area contributed by atoms with Crippen LogP contribution in [0.15, 0.2) is 18.3 Å². The Morgan fingerprint density at radius 1 is 1.50 bits per heavy atom. The van der Waals surface area contributed by atoms with Gasteiger partial charge in [-0.25, -0.2) is 0 Å². The van der Waals surface area contributed by atoms with E-state index in [0.717, 1.165) is 17.7 Å². The van der Waals surface area contributed by atoms with Crippen molar-refractivity contribution in [2.24, 2.45) is 5.41 Å². The Kier molecular flexibility index (Phi) is 1.34. The number of pyridine rings is 1. The van der Waals surface area contributed by atoms with Crippen LogP contribution in [0.3, 0.4) is 0 Å². The van der Waals surface area contributed by atoms with Gasteiger partial charge in [0.2, 0.25) is 0 Å². The predicted molar refractivity (Wildman–Crippen MR) is 46.1 cm³/mol. The van der Waals surface area contributed by atoms with Gasteiger partial charge in [0.1, 0.15) is 0 Å². The number of Topliss-reactive ketones (excluding diaryl/α,β-unsaturated/α-hetero) is 1. The molecule has 0 aliphatic heterocycles. The molecular formula is C10H11NO. The molecule has 0 saturated heterocycles. The Morgan fingerprint density at radius 3 is 2.92 bits per heavy atom. The monoisotopic (exact) mass is 161 g/mol. The van der Waals surface area contributed by atoms with E-state index in [1.54, 1.807) is 6.20 Å². The van der Waals surface area contributed by atoms with Crippen LogP contribution in [0.5, 0.6) is 0 Å². The molecular weight excluding hydrogens is 150 g/mol. The number of carbonyl (C=O) groups excluding carboxylic acids is 1. The second-order valence-electron chi connectivity index (χ2n) is 3.89. The van der Waals surface area contributed by atoms with Crippen LogP contribution >= 0.6 is 0 Å². The first-order valence-electron chi connectivity index (χ1n) is 4.10. The summed E-state index contributed by atoms with van der Waals surface area (Å²) in [6.07, 6.45) is 2.52. The van der Waals surface area contributed by atoms with Crippen molar-refractivity contribution in [3.63, 3.8) is 0 Å². The molecule has 0 bridgehead atoms. The topological polar surface area (TPSA) is 30.0 Å². The van der Waals surface area contributed by atoms with Crippen molar-refractivity contribution in [1.82, 2.24) is 4.98 Å². The normalized spacial score (nSPS) is 19.3. The number of fused-ring (bicyclic) bond motifs is 1. The molecule has 0 unspecified atom stereocenters. The van der Waals surface area contributed by atoms with E-state index in [1.165, 1.54) is 0 Å². The molecule has 1 aliphatic rings. The largest absolute Gasteiger partial charge is 0.293 e. The minimum atomic E-state index is -0.239. The van der Waals surface area contributed by atoms with E-state index in [2.05, 4.69) is 4.98 Å². The van der Waals surface area contributed by atoms with Crippen LogP contribution in [0.25, 0.3) is 0 Å². The molecule has 0 fully saturated rings. The molecule has 1 aliphatic carbocycles. The Labute approximate surface area is 71.6 Å². The fourth-order valence-corrected chi connectivity index (χ4v) is 1.65. The Balaban J connectivity index is 2.57. The van der Waals surface area contributed by atoms with Gasteiger partial charge in [0.05, 0.1) is 5.69 Å². The zero-order valence-corrected chi connectivity index (χ0v) is 7.29. The van der Waals surface area contributed by atoms with Gasteiger partial charge in [0, 0.05) is 23.6 Å². The maximum absolute atomic E-state index is 11.7. The van der Waals surface area contributed by atoms with E-state index in [9.17, 15) is 4.79 Å². The number of rotatable bonds is 0. The zero-order chi connectivity index (χ0) is 8.77. The maximum Gasteiger partial charge on any atom is 0.170 e. The third-order valence-electron chi connectivity index (χ3n) is 2.36. The maximum atomic E-state index is 11.7. The number of ketones is 1. The first kappa shape index (κ1) is 7.47. The number of hydrogen-bond acceptors (Lipinski definition) is 2. The molecule has 0 radical (unpaired) electrons. The summed E-state index contributed by atoms with van der Waals surface area (Å²) in [5, 5.41) is 0. The lowest BCUT2D eigenvalue weighted by Gasteiger charge is -2.12. The Hall–Kier alpha value is -1.18. The summed E-state index contributed by atoms with van der Waals surface area (Å²) in [4.78, 5) is 15.9. The summed E-state index contributed by atoms with van der Waals surface area (Å²) >= 11 is 0. The van der Waals surface area contributed by atoms with Gasteiger partial charge in [-0.2, -0.15) is 0 Å². The van der Waals surface area contributed by atoms with Crippen molar-refractivity contribution >= 4 is 5.78 Å². The average molecular weight is 161 g/mol. The first-order chi connectivity index (χ1) is 5.61. The summed E-state index contributed by atoms with van der Waals surface area (Å²) in [6.45, 7) is 3.94. The molecule has 0 atom stereocenters. The smallest absolute Gasteiger partial charge is 0.170 e. The van der Waals surface area contributed by atoms with Crippen molar-refractivity contribution in [3.8, 4) is 0 Å². The van der Waals surface area contributed by atoms with Crippen LogP contribution in [0, 0.1) is 5.41 Å². The van der Waals surface area contributed by atoms with Crippen LogP contribution < -0.4 is 0 Å². The highest BCUT2D eigenvalue weighted by Gasteiger charge is 2.37. The van der Waals surface area contributed by atoms with Gasteiger partial charge in [0.25, 0.3) is 0 Å². The van der Waals surface area contributed by atoms with Crippen molar-refractivity contribution < 1.29 is 4.79 Å². The summed E-state index contributed by atoms with van der Waals surface area (Å²) in [6, 6.07) is 3.68. The molecule has 0 spiro atoms. The summed E-state index contributed by atoms with van der Waals surface area (Å²) < 4.78 is 0. The number of hydrogen-bond donors (Lipinski definition) is 0. The van der Waals surface area contributed by atoms with Gasteiger partial charge in [0.15, 0.2) is 5.78 Å². The summed E-state index contributed by atoms with van der Waals surface area (Å²) in [7, 11) is 0. The third kappa shape index (κ3) is 0.876. The fourth-order valence-electron chi connectivity index (χ4n) is 1.65. The molecule has 0 N–H and O–H groups in total. The predicted octanol–water partition coefficient (Wildman–Crippen LogP) is 1.85. The highest BCUT2D eigenvalue weighted by Crippen LogP contribution is 2.34. The minimum Gasteiger partial charge on any atom is -0.293 e. The SMILES string of the molecule is CC1(C)Cc2ncccc2C1=O. The van der Waals surface area contributed by atoms with Crippen LogP contribution in [0.2, 0.25) is 0 Å². The molecule has 0 amide bonds. The van der Waals surface area contributed by atoms with Crippen LogP contribution in [-0.4, -0.2) is 10.8 Å². The second-order valence-corrected chi connectivity index (χ2v) is 3.89.